The van der Waals surface area contributed by atoms with E-state index < -0.39 is 0 Å². The van der Waals surface area contributed by atoms with Crippen LogP contribution in [0.2, 0.25) is 0 Å². The van der Waals surface area contributed by atoms with Gasteiger partial charge in [-0.1, -0.05) is 32.9 Å². The number of rotatable bonds is 5. The van der Waals surface area contributed by atoms with Crippen molar-refractivity contribution in [2.75, 3.05) is 18.4 Å². The van der Waals surface area contributed by atoms with Gasteiger partial charge in [0.1, 0.15) is 0 Å². The molecule has 1 heterocycles. The fourth-order valence-electron chi connectivity index (χ4n) is 2.99. The van der Waals surface area contributed by atoms with Crippen LogP contribution in [0.4, 0.5) is 5.69 Å². The fraction of sp³-hybridized carbons (Fsp3) is 0.611. The maximum atomic E-state index is 12.2. The first kappa shape index (κ1) is 19.0. The number of amides is 1. The lowest BCUT2D eigenvalue weighted by Crippen LogP contribution is -2.34. The van der Waals surface area contributed by atoms with Gasteiger partial charge in [-0.15, -0.1) is 12.4 Å². The number of carbonyl (C=O) groups is 1. The first-order valence-corrected chi connectivity index (χ1v) is 8.16. The minimum atomic E-state index is 0. The molecule has 0 aliphatic carbocycles. The summed E-state index contributed by atoms with van der Waals surface area (Å²) in [5, 5.41) is 6.44. The average Bonchev–Trinajstić information content (AvgIpc) is 2.48. The molecule has 0 bridgehead atoms. The maximum absolute atomic E-state index is 12.2. The van der Waals surface area contributed by atoms with E-state index in [-0.39, 0.29) is 18.3 Å². The lowest BCUT2D eigenvalue weighted by Gasteiger charge is -2.28. The summed E-state index contributed by atoms with van der Waals surface area (Å²) < 4.78 is 0. The third-order valence-electron chi connectivity index (χ3n) is 4.51. The molecule has 4 heteroatoms. The molecule has 1 aliphatic rings. The third kappa shape index (κ3) is 5.62. The highest BCUT2D eigenvalue weighted by Gasteiger charge is 2.21. The zero-order valence-electron chi connectivity index (χ0n) is 13.9. The van der Waals surface area contributed by atoms with Crippen LogP contribution >= 0.6 is 12.4 Å². The molecular formula is C18H29ClN2O. The molecule has 0 saturated carbocycles. The SMILES string of the molecule is CC(C)c1ccc(NC(=O)CC(C)C2CCCNC2)cc1.Cl. The van der Waals surface area contributed by atoms with Crippen LogP contribution in [-0.4, -0.2) is 19.0 Å². The minimum Gasteiger partial charge on any atom is -0.326 e. The van der Waals surface area contributed by atoms with Gasteiger partial charge in [0.25, 0.3) is 0 Å². The van der Waals surface area contributed by atoms with E-state index in [2.05, 4.69) is 43.5 Å². The number of anilines is 1. The van der Waals surface area contributed by atoms with Crippen molar-refractivity contribution < 1.29 is 4.79 Å². The predicted octanol–water partition coefficient (Wildman–Crippen LogP) is 4.20. The Morgan fingerprint density at radius 2 is 1.95 bits per heavy atom. The van der Waals surface area contributed by atoms with E-state index >= 15 is 0 Å². The zero-order chi connectivity index (χ0) is 15.2. The highest BCUT2D eigenvalue weighted by Crippen LogP contribution is 2.23. The van der Waals surface area contributed by atoms with Gasteiger partial charge < -0.3 is 10.6 Å². The molecule has 2 unspecified atom stereocenters. The summed E-state index contributed by atoms with van der Waals surface area (Å²) in [4.78, 5) is 12.2. The second-order valence-corrected chi connectivity index (χ2v) is 6.61. The van der Waals surface area contributed by atoms with Crippen LogP contribution in [0.5, 0.6) is 0 Å². The third-order valence-corrected chi connectivity index (χ3v) is 4.51. The van der Waals surface area contributed by atoms with E-state index in [1.54, 1.807) is 0 Å². The summed E-state index contributed by atoms with van der Waals surface area (Å²) in [6.07, 6.45) is 3.08. The molecule has 1 amide bonds. The van der Waals surface area contributed by atoms with E-state index in [4.69, 9.17) is 0 Å². The van der Waals surface area contributed by atoms with Gasteiger partial charge in [-0.05, 0) is 61.4 Å². The van der Waals surface area contributed by atoms with Crippen molar-refractivity contribution in [3.8, 4) is 0 Å². The molecule has 124 valence electrons. The number of hydrogen-bond donors (Lipinski definition) is 2. The molecule has 2 N–H and O–H groups in total. The molecule has 0 radical (unpaired) electrons. The Hall–Kier alpha value is -1.06. The number of nitrogens with one attached hydrogen (secondary N) is 2. The highest BCUT2D eigenvalue weighted by molar-refractivity contribution is 5.90. The van der Waals surface area contributed by atoms with Crippen molar-refractivity contribution in [3.63, 3.8) is 0 Å². The highest BCUT2D eigenvalue weighted by atomic mass is 35.5. The molecule has 1 aromatic carbocycles. The van der Waals surface area contributed by atoms with Crippen LogP contribution in [0.3, 0.4) is 0 Å². The molecule has 0 aromatic heterocycles. The predicted molar refractivity (Wildman–Crippen MR) is 95.8 cm³/mol. The molecular weight excluding hydrogens is 296 g/mol. The van der Waals surface area contributed by atoms with Crippen molar-refractivity contribution in [2.45, 2.75) is 46.0 Å². The van der Waals surface area contributed by atoms with E-state index in [0.29, 0.717) is 24.2 Å². The fourth-order valence-corrected chi connectivity index (χ4v) is 2.99. The van der Waals surface area contributed by atoms with Crippen LogP contribution < -0.4 is 10.6 Å². The van der Waals surface area contributed by atoms with Gasteiger partial charge >= 0.3 is 0 Å². The lowest BCUT2D eigenvalue weighted by atomic mass is 9.85. The molecule has 22 heavy (non-hydrogen) atoms. The molecule has 2 rings (SSSR count). The van der Waals surface area contributed by atoms with Crippen LogP contribution in [0.25, 0.3) is 0 Å². The van der Waals surface area contributed by atoms with E-state index in [1.807, 2.05) is 12.1 Å². The first-order chi connectivity index (χ1) is 10.1. The van der Waals surface area contributed by atoms with Gasteiger partial charge in [-0.25, -0.2) is 0 Å². The quantitative estimate of drug-likeness (QED) is 0.852. The zero-order valence-corrected chi connectivity index (χ0v) is 14.7. The summed E-state index contributed by atoms with van der Waals surface area (Å²) in [5.41, 5.74) is 2.20. The van der Waals surface area contributed by atoms with Crippen LogP contribution in [-0.2, 0) is 4.79 Å². The van der Waals surface area contributed by atoms with Gasteiger partial charge in [0.05, 0.1) is 0 Å². The second-order valence-electron chi connectivity index (χ2n) is 6.61. The summed E-state index contributed by atoms with van der Waals surface area (Å²) in [5.74, 6) is 1.72. The summed E-state index contributed by atoms with van der Waals surface area (Å²) in [6, 6.07) is 8.18. The van der Waals surface area contributed by atoms with E-state index in [9.17, 15) is 4.79 Å². The Balaban J connectivity index is 0.00000242. The monoisotopic (exact) mass is 324 g/mol. The van der Waals surface area contributed by atoms with Crippen molar-refractivity contribution in [1.82, 2.24) is 5.32 Å². The summed E-state index contributed by atoms with van der Waals surface area (Å²) in [7, 11) is 0. The van der Waals surface area contributed by atoms with Crippen LogP contribution in [0.1, 0.15) is 51.5 Å². The molecule has 2 atom stereocenters. The molecule has 1 saturated heterocycles. The molecule has 3 nitrogen and oxygen atoms in total. The Morgan fingerprint density at radius 1 is 1.27 bits per heavy atom. The molecule has 1 aromatic rings. The number of hydrogen-bond acceptors (Lipinski definition) is 2. The Bertz CT molecular complexity index is 453. The van der Waals surface area contributed by atoms with Crippen molar-refractivity contribution in [2.24, 2.45) is 11.8 Å². The maximum Gasteiger partial charge on any atom is 0.224 e. The van der Waals surface area contributed by atoms with E-state index in [1.165, 1.54) is 18.4 Å². The van der Waals surface area contributed by atoms with Crippen LogP contribution in [0.15, 0.2) is 24.3 Å². The molecule has 1 fully saturated rings. The van der Waals surface area contributed by atoms with Gasteiger partial charge in [-0.3, -0.25) is 4.79 Å². The van der Waals surface area contributed by atoms with Crippen LogP contribution in [0, 0.1) is 11.8 Å². The lowest BCUT2D eigenvalue weighted by molar-refractivity contribution is -0.117. The Morgan fingerprint density at radius 3 is 2.50 bits per heavy atom. The van der Waals surface area contributed by atoms with Gasteiger partial charge in [-0.2, -0.15) is 0 Å². The number of halogens is 1. The first-order valence-electron chi connectivity index (χ1n) is 8.16. The Kier molecular flexibility index (Phi) is 7.91. The molecule has 0 spiro atoms. The van der Waals surface area contributed by atoms with Gasteiger partial charge in [0.15, 0.2) is 0 Å². The van der Waals surface area contributed by atoms with Crippen molar-refractivity contribution in [3.05, 3.63) is 29.8 Å². The standard InChI is InChI=1S/C18H28N2O.ClH/c1-13(2)15-6-8-17(9-7-15)20-18(21)11-14(3)16-5-4-10-19-12-16;/h6-9,13-14,16,19H,4-5,10-12H2,1-3H3,(H,20,21);1H. The van der Waals surface area contributed by atoms with E-state index in [0.717, 1.165) is 18.8 Å². The second kappa shape index (κ2) is 9.16. The van der Waals surface area contributed by atoms with Crippen molar-refractivity contribution >= 4 is 24.0 Å². The number of carbonyl (C=O) groups excluding carboxylic acids is 1. The summed E-state index contributed by atoms with van der Waals surface area (Å²) >= 11 is 0. The van der Waals surface area contributed by atoms with Crippen molar-refractivity contribution in [1.29, 1.82) is 0 Å². The van der Waals surface area contributed by atoms with Gasteiger partial charge in [0.2, 0.25) is 5.91 Å². The topological polar surface area (TPSA) is 41.1 Å². The smallest absolute Gasteiger partial charge is 0.224 e. The number of piperidine rings is 1. The average molecular weight is 325 g/mol. The minimum absolute atomic E-state index is 0. The Labute approximate surface area is 140 Å². The number of benzene rings is 1. The van der Waals surface area contributed by atoms with Gasteiger partial charge in [0, 0.05) is 12.1 Å². The largest absolute Gasteiger partial charge is 0.326 e. The molecule has 1 aliphatic heterocycles. The normalized spacial score (nSPS) is 19.4. The summed E-state index contributed by atoms with van der Waals surface area (Å²) in [6.45, 7) is 8.72.